The zero-order valence-electron chi connectivity index (χ0n) is 16.9. The smallest absolute Gasteiger partial charge is 0.180 e. The van der Waals surface area contributed by atoms with Crippen LogP contribution in [-0.4, -0.2) is 22.1 Å². The number of fused-ring (bicyclic) bond motifs is 2. The Morgan fingerprint density at radius 3 is 2.47 bits per heavy atom. The molecule has 1 saturated carbocycles. The Balaban J connectivity index is 1.61. The van der Waals surface area contributed by atoms with Crippen molar-refractivity contribution in [2.75, 3.05) is 0 Å². The average molecular weight is 393 g/mol. The highest BCUT2D eigenvalue weighted by Crippen LogP contribution is 2.57. The summed E-state index contributed by atoms with van der Waals surface area (Å²) in [6.07, 6.45) is 12.3. The highest BCUT2D eigenvalue weighted by Gasteiger charge is 2.56. The van der Waals surface area contributed by atoms with E-state index < -0.39 is 0 Å². The maximum absolute atomic E-state index is 12.3. The number of nitrogens with zero attached hydrogens (tertiary/aromatic N) is 2. The van der Waals surface area contributed by atoms with Gasteiger partial charge in [0.1, 0.15) is 5.66 Å². The first-order valence-corrected chi connectivity index (χ1v) is 10.9. The minimum atomic E-state index is -0.311. The summed E-state index contributed by atoms with van der Waals surface area (Å²) in [6.45, 7) is 0. The van der Waals surface area contributed by atoms with Gasteiger partial charge in [0.25, 0.3) is 0 Å². The van der Waals surface area contributed by atoms with Crippen molar-refractivity contribution < 1.29 is 4.79 Å². The summed E-state index contributed by atoms with van der Waals surface area (Å²) in [5.74, 6) is 0.748. The average Bonchev–Trinajstić information content (AvgIpc) is 3.12. The van der Waals surface area contributed by atoms with E-state index >= 15 is 0 Å². The molecule has 1 spiro atoms. The van der Waals surface area contributed by atoms with Crippen LogP contribution in [0.2, 0.25) is 0 Å². The first-order chi connectivity index (χ1) is 14.8. The number of ketones is 1. The first-order valence-electron chi connectivity index (χ1n) is 10.9. The molecule has 0 amide bonds. The molecule has 3 nitrogen and oxygen atoms in total. The Labute approximate surface area is 177 Å². The minimum Gasteiger partial charge on any atom is -0.313 e. The number of hydrogen-bond donors (Lipinski definition) is 0. The quantitative estimate of drug-likeness (QED) is 0.633. The van der Waals surface area contributed by atoms with Crippen LogP contribution in [0.4, 0.5) is 0 Å². The molecule has 2 aromatic rings. The van der Waals surface area contributed by atoms with Gasteiger partial charge in [0.15, 0.2) is 5.78 Å². The molecule has 3 atom stereocenters. The van der Waals surface area contributed by atoms with Crippen molar-refractivity contribution in [2.24, 2.45) is 10.9 Å². The number of allylic oxidation sites excluding steroid dienone is 4. The summed E-state index contributed by atoms with van der Waals surface area (Å²) in [4.78, 5) is 20.1. The highest BCUT2D eigenvalue weighted by atomic mass is 16.1. The van der Waals surface area contributed by atoms with E-state index in [0.29, 0.717) is 11.8 Å². The summed E-state index contributed by atoms with van der Waals surface area (Å²) in [5, 5.41) is 0. The second kappa shape index (κ2) is 6.66. The van der Waals surface area contributed by atoms with Crippen molar-refractivity contribution in [2.45, 2.75) is 37.3 Å². The first kappa shape index (κ1) is 17.6. The minimum absolute atomic E-state index is 0.0472. The lowest BCUT2D eigenvalue weighted by atomic mass is 9.66. The van der Waals surface area contributed by atoms with Gasteiger partial charge in [-0.2, -0.15) is 0 Å². The molecule has 2 aliphatic heterocycles. The molecule has 148 valence electrons. The van der Waals surface area contributed by atoms with Crippen molar-refractivity contribution in [3.05, 3.63) is 102 Å². The van der Waals surface area contributed by atoms with E-state index in [4.69, 9.17) is 4.99 Å². The van der Waals surface area contributed by atoms with Crippen molar-refractivity contribution in [1.82, 2.24) is 4.90 Å². The van der Waals surface area contributed by atoms with Gasteiger partial charge in [-0.15, -0.1) is 0 Å². The fourth-order valence-corrected chi connectivity index (χ4v) is 5.83. The fourth-order valence-electron chi connectivity index (χ4n) is 5.83. The summed E-state index contributed by atoms with van der Waals surface area (Å²) < 4.78 is 0. The van der Waals surface area contributed by atoms with Crippen LogP contribution in [0.5, 0.6) is 0 Å². The molecule has 0 radical (unpaired) electrons. The van der Waals surface area contributed by atoms with E-state index in [9.17, 15) is 4.79 Å². The molecular weight excluding hydrogens is 368 g/mol. The maximum atomic E-state index is 12.3. The maximum Gasteiger partial charge on any atom is 0.180 e. The van der Waals surface area contributed by atoms with E-state index in [1.54, 1.807) is 12.2 Å². The van der Waals surface area contributed by atoms with Crippen LogP contribution >= 0.6 is 0 Å². The second-order valence-corrected chi connectivity index (χ2v) is 8.68. The molecule has 2 aliphatic carbocycles. The molecule has 0 saturated heterocycles. The van der Waals surface area contributed by atoms with Gasteiger partial charge in [-0.05, 0) is 42.5 Å². The lowest BCUT2D eigenvalue weighted by molar-refractivity contribution is -0.110. The Kier molecular flexibility index (Phi) is 3.92. The Hall–Kier alpha value is -3.20. The van der Waals surface area contributed by atoms with Gasteiger partial charge in [0, 0.05) is 23.6 Å². The zero-order valence-corrected chi connectivity index (χ0v) is 16.9. The van der Waals surface area contributed by atoms with Gasteiger partial charge < -0.3 is 4.90 Å². The Morgan fingerprint density at radius 1 is 0.900 bits per heavy atom. The molecule has 0 unspecified atom stereocenters. The van der Waals surface area contributed by atoms with Crippen LogP contribution in [0.25, 0.3) is 5.70 Å². The van der Waals surface area contributed by atoms with Crippen LogP contribution < -0.4 is 0 Å². The molecule has 2 aromatic carbocycles. The third kappa shape index (κ3) is 2.51. The number of benzene rings is 2. The number of carbonyl (C=O) groups is 1. The van der Waals surface area contributed by atoms with Crippen LogP contribution in [0.15, 0.2) is 95.7 Å². The molecule has 1 fully saturated rings. The molecule has 30 heavy (non-hydrogen) atoms. The number of carbonyl (C=O) groups excluding carboxylic acids is 1. The molecule has 4 aliphatic rings. The highest BCUT2D eigenvalue weighted by molar-refractivity contribution is 6.21. The fraction of sp³-hybridized carbons (Fsp3) is 0.259. The SMILES string of the molecule is O=C1C=CC2=N[C@@]34CCCC[C@@H]3[C@@H](c3ccccc3)C=C(c3ccccc3)N4C2=C1. The van der Waals surface area contributed by atoms with Gasteiger partial charge in [-0.3, -0.25) is 9.79 Å². The molecule has 6 rings (SSSR count). The molecule has 0 N–H and O–H groups in total. The van der Waals surface area contributed by atoms with Crippen molar-refractivity contribution >= 4 is 17.2 Å². The van der Waals surface area contributed by atoms with Gasteiger partial charge in [0.2, 0.25) is 0 Å². The molecule has 3 heteroatoms. The van der Waals surface area contributed by atoms with Gasteiger partial charge >= 0.3 is 0 Å². The molecule has 0 bridgehead atoms. The zero-order chi connectivity index (χ0) is 20.1. The van der Waals surface area contributed by atoms with Crippen molar-refractivity contribution in [3.8, 4) is 0 Å². The van der Waals surface area contributed by atoms with E-state index in [2.05, 4.69) is 71.6 Å². The third-order valence-electron chi connectivity index (χ3n) is 7.06. The van der Waals surface area contributed by atoms with Crippen LogP contribution in [-0.2, 0) is 4.79 Å². The number of hydrogen-bond acceptors (Lipinski definition) is 3. The van der Waals surface area contributed by atoms with E-state index in [0.717, 1.165) is 30.7 Å². The Morgan fingerprint density at radius 2 is 1.67 bits per heavy atom. The van der Waals surface area contributed by atoms with Crippen LogP contribution in [0.1, 0.15) is 42.7 Å². The number of rotatable bonds is 2. The lowest BCUT2D eigenvalue weighted by Gasteiger charge is -2.53. The summed E-state index contributed by atoms with van der Waals surface area (Å²) in [6, 6.07) is 21.4. The second-order valence-electron chi connectivity index (χ2n) is 8.68. The van der Waals surface area contributed by atoms with Crippen molar-refractivity contribution in [1.29, 1.82) is 0 Å². The molecule has 2 heterocycles. The van der Waals surface area contributed by atoms with Crippen LogP contribution in [0, 0.1) is 5.92 Å². The third-order valence-corrected chi connectivity index (χ3v) is 7.06. The van der Waals surface area contributed by atoms with Gasteiger partial charge in [-0.1, -0.05) is 73.2 Å². The van der Waals surface area contributed by atoms with Gasteiger partial charge in [-0.25, -0.2) is 0 Å². The molecular formula is C27H24N2O. The van der Waals surface area contributed by atoms with E-state index in [1.165, 1.54) is 23.2 Å². The normalized spacial score (nSPS) is 29.4. The molecule has 0 aromatic heterocycles. The summed E-state index contributed by atoms with van der Waals surface area (Å²) >= 11 is 0. The van der Waals surface area contributed by atoms with E-state index in [1.807, 2.05) is 6.08 Å². The monoisotopic (exact) mass is 392 g/mol. The number of aliphatic imine (C=N–C) groups is 1. The van der Waals surface area contributed by atoms with Crippen molar-refractivity contribution in [3.63, 3.8) is 0 Å². The lowest BCUT2D eigenvalue weighted by Crippen LogP contribution is -2.54. The summed E-state index contributed by atoms with van der Waals surface area (Å²) in [7, 11) is 0. The standard InChI is InChI=1S/C27H24N2O/c30-21-14-15-24-26(17-21)29-25(20-11-5-2-6-12-20)18-22(19-9-3-1-4-10-19)23-13-7-8-16-27(23,29)28-24/h1-6,9-12,14-15,17-18,22-23H,7-8,13,16H2/t22-,23-,27-/m1/s1. The predicted octanol–water partition coefficient (Wildman–Crippen LogP) is 5.49. The topological polar surface area (TPSA) is 32.7 Å². The van der Waals surface area contributed by atoms with Gasteiger partial charge in [0.05, 0.1) is 11.4 Å². The summed E-state index contributed by atoms with van der Waals surface area (Å²) in [5.41, 5.74) is 5.33. The van der Waals surface area contributed by atoms with E-state index in [-0.39, 0.29) is 11.4 Å². The largest absolute Gasteiger partial charge is 0.313 e. The van der Waals surface area contributed by atoms with Crippen LogP contribution in [0.3, 0.4) is 0 Å². The Bertz CT molecular complexity index is 1130. The predicted molar refractivity (Wildman–Crippen MR) is 120 cm³/mol.